The lowest BCUT2D eigenvalue weighted by Gasteiger charge is -2.66. The Bertz CT molecular complexity index is 4480. The molecule has 0 saturated heterocycles. The van der Waals surface area contributed by atoms with Crippen molar-refractivity contribution in [1.29, 1.82) is 0 Å². The van der Waals surface area contributed by atoms with Crippen molar-refractivity contribution in [3.63, 3.8) is 0 Å². The Hall–Kier alpha value is -7.56. The van der Waals surface area contributed by atoms with Crippen LogP contribution in [0, 0.1) is 53.3 Å². The van der Waals surface area contributed by atoms with Crippen LogP contribution >= 0.6 is 0 Å². The maximum Gasteiger partial charge on any atom is 0.143 e. The number of hydrogen-bond acceptors (Lipinski definition) is 3. The Labute approximate surface area is 454 Å². The second-order valence-electron chi connectivity index (χ2n) is 26.9. The van der Waals surface area contributed by atoms with E-state index in [1.165, 1.54) is 130 Å². The summed E-state index contributed by atoms with van der Waals surface area (Å²) >= 11 is 0. The summed E-state index contributed by atoms with van der Waals surface area (Å²) in [5.74, 6) is 6.58. The van der Waals surface area contributed by atoms with Crippen molar-refractivity contribution in [2.24, 2.45) is 46.3 Å². The third kappa shape index (κ3) is 5.13. The number of ether oxygens (including phenoxy) is 1. The smallest absolute Gasteiger partial charge is 0.143 e. The Balaban J connectivity index is 0.851. The fourth-order valence-corrected chi connectivity index (χ4v) is 20.7. The highest BCUT2D eigenvalue weighted by atomic mass is 16.5. The van der Waals surface area contributed by atoms with Crippen molar-refractivity contribution >= 4 is 71.6 Å². The predicted molar refractivity (Wildman–Crippen MR) is 316 cm³/mol. The molecule has 20 rings (SSSR count). The summed E-state index contributed by atoms with van der Waals surface area (Å²) in [6.45, 7) is 2.77. The molecule has 11 aromatic rings. The lowest BCUT2D eigenvalue weighted by atomic mass is 9.38. The molecule has 8 aliphatic carbocycles. The molecular formula is C74H60N2O2. The zero-order valence-corrected chi connectivity index (χ0v) is 44.2. The van der Waals surface area contributed by atoms with E-state index in [1.807, 2.05) is 0 Å². The number of nitrogens with zero attached hydrogens (tertiary/aromatic N) is 1. The Kier molecular flexibility index (Phi) is 7.72. The molecule has 1 N–H and O–H groups in total. The number of benzene rings is 9. The van der Waals surface area contributed by atoms with Gasteiger partial charge in [0.15, 0.2) is 0 Å². The summed E-state index contributed by atoms with van der Waals surface area (Å²) in [5.41, 5.74) is 22.3. The van der Waals surface area contributed by atoms with Crippen LogP contribution in [0.4, 0.5) is 17.1 Å². The molecule has 8 saturated carbocycles. The van der Waals surface area contributed by atoms with Crippen molar-refractivity contribution < 1.29 is 9.15 Å². The van der Waals surface area contributed by atoms with Crippen molar-refractivity contribution in [1.82, 2.24) is 4.98 Å². The van der Waals surface area contributed by atoms with Crippen LogP contribution < -0.4 is 9.64 Å². The predicted octanol–water partition coefficient (Wildman–Crippen LogP) is 19.2. The van der Waals surface area contributed by atoms with Gasteiger partial charge in [-0.05, 0) is 252 Å². The number of rotatable bonds is 7. The first-order valence-electron chi connectivity index (χ1n) is 29.6. The van der Waals surface area contributed by atoms with E-state index in [-0.39, 0.29) is 5.41 Å². The van der Waals surface area contributed by atoms with Gasteiger partial charge >= 0.3 is 0 Å². The topological polar surface area (TPSA) is 41.4 Å². The van der Waals surface area contributed by atoms with E-state index in [9.17, 15) is 0 Å². The minimum absolute atomic E-state index is 0.211. The molecule has 0 radical (unpaired) electrons. The van der Waals surface area contributed by atoms with Gasteiger partial charge in [0.05, 0.1) is 11.2 Å². The van der Waals surface area contributed by atoms with Crippen LogP contribution in [0.2, 0.25) is 0 Å². The molecule has 4 unspecified atom stereocenters. The van der Waals surface area contributed by atoms with Crippen molar-refractivity contribution in [2.75, 3.05) is 4.90 Å². The Morgan fingerprint density at radius 3 is 1.94 bits per heavy atom. The van der Waals surface area contributed by atoms with Crippen molar-refractivity contribution in [3.05, 3.63) is 192 Å². The number of aromatic amines is 1. The third-order valence-electron chi connectivity index (χ3n) is 24.0. The number of fused-ring (bicyclic) bond motifs is 12. The molecule has 8 fully saturated rings. The van der Waals surface area contributed by atoms with Crippen LogP contribution in [0.15, 0.2) is 174 Å². The molecule has 0 amide bonds. The van der Waals surface area contributed by atoms with Crippen molar-refractivity contribution in [2.45, 2.75) is 88.6 Å². The minimum Gasteiger partial charge on any atom is -0.488 e. The van der Waals surface area contributed by atoms with Gasteiger partial charge in [0, 0.05) is 60.7 Å². The van der Waals surface area contributed by atoms with Gasteiger partial charge in [-0.15, -0.1) is 0 Å². The highest BCUT2D eigenvalue weighted by Gasteiger charge is 2.78. The van der Waals surface area contributed by atoms with Crippen molar-refractivity contribution in [3.8, 4) is 39.1 Å². The number of H-pyrrole nitrogens is 1. The number of anilines is 3. The van der Waals surface area contributed by atoms with Gasteiger partial charge in [-0.3, -0.25) is 0 Å². The lowest BCUT2D eigenvalue weighted by Crippen LogP contribution is -2.59. The van der Waals surface area contributed by atoms with Gasteiger partial charge in [-0.25, -0.2) is 0 Å². The van der Waals surface area contributed by atoms with Gasteiger partial charge in [0.2, 0.25) is 0 Å². The molecule has 2 spiro atoms. The van der Waals surface area contributed by atoms with E-state index in [0.717, 1.165) is 91.4 Å². The molecule has 4 heteroatoms. The summed E-state index contributed by atoms with van der Waals surface area (Å²) in [4.78, 5) is 6.72. The SMILES string of the molecule is Cc1ccc(N(c2ccc3c(c2)-c2cc4ccccc4cc2CO3)c2cc(-c3cc(C45CC6CC7CC(C4)C76C5)cc4c3[nH]c3ccc(C56CC7CC8CC(C5)C87C6)cc34)c3oc4ccccc4c3c2)c(-c2ccccc2)c1. The third-order valence-corrected chi connectivity index (χ3v) is 24.0. The summed E-state index contributed by atoms with van der Waals surface area (Å²) in [5, 5.41) is 7.56. The average molecular weight is 1010 g/mol. The van der Waals surface area contributed by atoms with Gasteiger partial charge in [-0.2, -0.15) is 0 Å². The molecule has 4 nitrogen and oxygen atoms in total. The molecule has 2 aromatic heterocycles. The van der Waals surface area contributed by atoms with E-state index in [2.05, 4.69) is 187 Å². The van der Waals surface area contributed by atoms with Gasteiger partial charge in [0.25, 0.3) is 0 Å². The van der Waals surface area contributed by atoms with Crippen LogP contribution in [0.25, 0.3) is 87.9 Å². The largest absolute Gasteiger partial charge is 0.488 e. The molecule has 1 aliphatic heterocycles. The normalized spacial score (nSPS) is 30.6. The number of aromatic nitrogens is 1. The number of para-hydroxylation sites is 1. The standard InChI is InChI=1S/C74H60N2O2/c1-41-15-19-66(58(21-41)42-9-3-2-4-10-42)76(54-17-20-67-60(31-54)57-23-44-12-6-5-11-43(44)22-45(57)38-77-67)55-32-63-56-13-7-8-14-68(56)78-70(63)64(33-55)62-30-47(72-36-52-26-49-27-53(37-72)74(49,52)40-72)29-61-59-28-46(16-18-65(59)75-69(61)62)71-34-50-24-48-25-51(35-71)73(48,50)39-71/h2-23,28-33,48-53,75H,24-27,34-40H2,1H3. The van der Waals surface area contributed by atoms with Crippen LogP contribution in [0.1, 0.15) is 86.5 Å². The summed E-state index contributed by atoms with van der Waals surface area (Å²) in [6.07, 6.45) is 14.2. The molecule has 9 aliphatic rings. The summed E-state index contributed by atoms with van der Waals surface area (Å²) in [6, 6.07) is 65.0. The second kappa shape index (κ2) is 14.2. The molecule has 9 aromatic carbocycles. The Morgan fingerprint density at radius 1 is 0.487 bits per heavy atom. The minimum atomic E-state index is 0.211. The maximum atomic E-state index is 7.27. The van der Waals surface area contributed by atoms with Crippen LogP contribution in [0.5, 0.6) is 5.75 Å². The zero-order valence-electron chi connectivity index (χ0n) is 44.2. The average Bonchev–Trinajstić information content (AvgIpc) is 3.84. The first kappa shape index (κ1) is 42.5. The fraction of sp³-hybridized carbons (Fsp3) is 0.297. The molecular weight excluding hydrogens is 949 g/mol. The van der Waals surface area contributed by atoms with E-state index >= 15 is 0 Å². The highest BCUT2D eigenvalue weighted by molar-refractivity contribution is 6.18. The first-order chi connectivity index (χ1) is 38.3. The molecule has 78 heavy (non-hydrogen) atoms. The monoisotopic (exact) mass is 1010 g/mol. The van der Waals surface area contributed by atoms with Crippen LogP contribution in [-0.4, -0.2) is 4.98 Å². The number of aryl methyl sites for hydroxylation is 1. The van der Waals surface area contributed by atoms with Gasteiger partial charge < -0.3 is 19.0 Å². The molecule has 4 bridgehead atoms. The van der Waals surface area contributed by atoms with Crippen LogP contribution in [0.3, 0.4) is 0 Å². The van der Waals surface area contributed by atoms with Gasteiger partial charge in [-0.1, -0.05) is 90.5 Å². The van der Waals surface area contributed by atoms with E-state index in [1.54, 1.807) is 11.1 Å². The van der Waals surface area contributed by atoms with E-state index < -0.39 is 0 Å². The van der Waals surface area contributed by atoms with E-state index in [4.69, 9.17) is 9.15 Å². The quantitative estimate of drug-likeness (QED) is 0.173. The molecule has 378 valence electrons. The maximum absolute atomic E-state index is 7.27. The number of hydrogen-bond donors (Lipinski definition) is 1. The molecule has 4 atom stereocenters. The van der Waals surface area contributed by atoms with Crippen LogP contribution in [-0.2, 0) is 17.4 Å². The Morgan fingerprint density at radius 2 is 1.18 bits per heavy atom. The fourth-order valence-electron chi connectivity index (χ4n) is 20.7. The highest BCUT2D eigenvalue weighted by Crippen LogP contribution is 2.86. The zero-order chi connectivity index (χ0) is 50.6. The van der Waals surface area contributed by atoms with E-state index in [0.29, 0.717) is 22.9 Å². The summed E-state index contributed by atoms with van der Waals surface area (Å²) < 4.78 is 13.9. The number of furan rings is 1. The molecule has 3 heterocycles. The number of nitrogens with one attached hydrogen (secondary N) is 1. The second-order valence-corrected chi connectivity index (χ2v) is 26.9. The first-order valence-corrected chi connectivity index (χ1v) is 29.6. The lowest BCUT2D eigenvalue weighted by molar-refractivity contribution is -0.175. The van der Waals surface area contributed by atoms with Gasteiger partial charge in [0.1, 0.15) is 23.5 Å². The summed E-state index contributed by atoms with van der Waals surface area (Å²) in [7, 11) is 0.